The van der Waals surface area contributed by atoms with Gasteiger partial charge in [0.25, 0.3) is 0 Å². The molecule has 0 radical (unpaired) electrons. The molecule has 238 valence electrons. The van der Waals surface area contributed by atoms with Crippen LogP contribution in [0.4, 0.5) is 0 Å². The topological polar surface area (TPSA) is 56.7 Å². The summed E-state index contributed by atoms with van der Waals surface area (Å²) in [6.07, 6.45) is 0. The highest BCUT2D eigenvalue weighted by Crippen LogP contribution is 2.45. The SMILES string of the molecule is c1ccc(-c2nc(-c3ccccc3)nc(-c3cc(-n4c5ccccc5c5c6oc7ccccc7c6ccc54)c4c(c3)sc3ccccc34)n2)cc1. The van der Waals surface area contributed by atoms with Crippen LogP contribution in [-0.4, -0.2) is 19.5 Å². The first-order valence-corrected chi connectivity index (χ1v) is 17.8. The van der Waals surface area contributed by atoms with Crippen LogP contribution in [0, 0.1) is 0 Å². The van der Waals surface area contributed by atoms with Crippen molar-refractivity contribution in [1.82, 2.24) is 19.5 Å². The second kappa shape index (κ2) is 10.9. The Hall–Kier alpha value is -6.63. The molecule has 11 rings (SSSR count). The van der Waals surface area contributed by atoms with Crippen molar-refractivity contribution in [2.75, 3.05) is 0 Å². The summed E-state index contributed by atoms with van der Waals surface area (Å²) in [6, 6.07) is 54.8. The zero-order valence-corrected chi connectivity index (χ0v) is 27.9. The van der Waals surface area contributed by atoms with Crippen LogP contribution >= 0.6 is 11.3 Å². The number of para-hydroxylation sites is 2. The van der Waals surface area contributed by atoms with Gasteiger partial charge in [-0.3, -0.25) is 0 Å². The summed E-state index contributed by atoms with van der Waals surface area (Å²) in [7, 11) is 0. The number of nitrogens with zero attached hydrogens (tertiary/aromatic N) is 4. The summed E-state index contributed by atoms with van der Waals surface area (Å²) >= 11 is 1.80. The molecule has 0 amide bonds. The van der Waals surface area contributed by atoms with Gasteiger partial charge in [0.05, 0.1) is 22.1 Å². The second-order valence-corrected chi connectivity index (χ2v) is 13.9. The van der Waals surface area contributed by atoms with Crippen molar-refractivity contribution in [2.45, 2.75) is 0 Å². The molecule has 51 heavy (non-hydrogen) atoms. The van der Waals surface area contributed by atoms with Crippen molar-refractivity contribution in [3.63, 3.8) is 0 Å². The van der Waals surface area contributed by atoms with Crippen molar-refractivity contribution in [2.24, 2.45) is 0 Å². The summed E-state index contributed by atoms with van der Waals surface area (Å²) in [4.78, 5) is 15.2. The van der Waals surface area contributed by atoms with Crippen LogP contribution in [0.15, 0.2) is 162 Å². The molecule has 4 heterocycles. The number of benzene rings is 7. The first-order valence-electron chi connectivity index (χ1n) is 16.9. The minimum Gasteiger partial charge on any atom is -0.455 e. The average molecular weight is 671 g/mol. The fraction of sp³-hybridized carbons (Fsp3) is 0. The van der Waals surface area contributed by atoms with Gasteiger partial charge in [-0.25, -0.2) is 15.0 Å². The summed E-state index contributed by atoms with van der Waals surface area (Å²) in [5.41, 5.74) is 7.88. The van der Waals surface area contributed by atoms with E-state index < -0.39 is 0 Å². The highest BCUT2D eigenvalue weighted by atomic mass is 32.1. The Morgan fingerprint density at radius 2 is 1.04 bits per heavy atom. The van der Waals surface area contributed by atoms with Crippen molar-refractivity contribution in [3.05, 3.63) is 158 Å². The Morgan fingerprint density at radius 1 is 0.431 bits per heavy atom. The van der Waals surface area contributed by atoms with E-state index in [1.807, 2.05) is 72.8 Å². The maximum absolute atomic E-state index is 6.63. The lowest BCUT2D eigenvalue weighted by atomic mass is 10.1. The normalized spacial score (nSPS) is 11.9. The molecule has 0 saturated heterocycles. The van der Waals surface area contributed by atoms with Gasteiger partial charge in [0, 0.05) is 53.0 Å². The Kier molecular flexibility index (Phi) is 6.05. The van der Waals surface area contributed by atoms with Crippen LogP contribution in [0.3, 0.4) is 0 Å². The molecule has 0 N–H and O–H groups in total. The van der Waals surface area contributed by atoms with Gasteiger partial charge in [0.15, 0.2) is 17.5 Å². The van der Waals surface area contributed by atoms with Crippen molar-refractivity contribution >= 4 is 75.3 Å². The van der Waals surface area contributed by atoms with Gasteiger partial charge in [0.1, 0.15) is 11.2 Å². The molecule has 0 aliphatic heterocycles. The number of hydrogen-bond donors (Lipinski definition) is 0. The summed E-state index contributed by atoms with van der Waals surface area (Å²) < 4.78 is 11.4. The lowest BCUT2D eigenvalue weighted by molar-refractivity contribution is 0.673. The molecule has 0 saturated carbocycles. The maximum Gasteiger partial charge on any atom is 0.164 e. The lowest BCUT2D eigenvalue weighted by Crippen LogP contribution is -2.01. The zero-order valence-electron chi connectivity index (χ0n) is 27.1. The molecule has 0 aliphatic carbocycles. The Balaban J connectivity index is 1.25. The fourth-order valence-corrected chi connectivity index (χ4v) is 8.74. The van der Waals surface area contributed by atoms with Crippen LogP contribution in [0.1, 0.15) is 0 Å². The molecular formula is C45H26N4OS. The highest BCUT2D eigenvalue weighted by molar-refractivity contribution is 7.26. The minimum atomic E-state index is 0.628. The van der Waals surface area contributed by atoms with Gasteiger partial charge in [-0.2, -0.15) is 0 Å². The summed E-state index contributed by atoms with van der Waals surface area (Å²) in [5.74, 6) is 1.91. The molecule has 0 spiro atoms. The van der Waals surface area contributed by atoms with Crippen molar-refractivity contribution in [1.29, 1.82) is 0 Å². The quantitative estimate of drug-likeness (QED) is 0.187. The van der Waals surface area contributed by atoms with Gasteiger partial charge in [-0.1, -0.05) is 115 Å². The van der Waals surface area contributed by atoms with Gasteiger partial charge in [-0.15, -0.1) is 11.3 Å². The molecule has 0 bridgehead atoms. The van der Waals surface area contributed by atoms with E-state index in [4.69, 9.17) is 19.4 Å². The third-order valence-corrected chi connectivity index (χ3v) is 11.0. The third kappa shape index (κ3) is 4.30. The van der Waals surface area contributed by atoms with Gasteiger partial charge >= 0.3 is 0 Å². The van der Waals surface area contributed by atoms with E-state index in [1.54, 1.807) is 11.3 Å². The maximum atomic E-state index is 6.63. The molecule has 0 unspecified atom stereocenters. The van der Waals surface area contributed by atoms with Crippen molar-refractivity contribution in [3.8, 4) is 39.9 Å². The van der Waals surface area contributed by atoms with E-state index in [-0.39, 0.29) is 0 Å². The van der Waals surface area contributed by atoms with Gasteiger partial charge in [0.2, 0.25) is 0 Å². The molecule has 6 heteroatoms. The van der Waals surface area contributed by atoms with E-state index in [1.165, 1.54) is 20.2 Å². The van der Waals surface area contributed by atoms with Gasteiger partial charge in [-0.05, 0) is 42.5 Å². The number of aromatic nitrogens is 4. The summed E-state index contributed by atoms with van der Waals surface area (Å²) in [6.45, 7) is 0. The number of hydrogen-bond acceptors (Lipinski definition) is 5. The predicted molar refractivity (Wildman–Crippen MR) is 211 cm³/mol. The molecule has 0 atom stereocenters. The molecule has 5 nitrogen and oxygen atoms in total. The summed E-state index contributed by atoms with van der Waals surface area (Å²) in [5, 5.41) is 6.92. The monoisotopic (exact) mass is 670 g/mol. The van der Waals surface area contributed by atoms with Crippen LogP contribution in [0.2, 0.25) is 0 Å². The smallest absolute Gasteiger partial charge is 0.164 e. The highest BCUT2D eigenvalue weighted by Gasteiger charge is 2.23. The average Bonchev–Trinajstić information content (AvgIpc) is 3.87. The van der Waals surface area contributed by atoms with Crippen LogP contribution in [0.25, 0.3) is 104 Å². The van der Waals surface area contributed by atoms with Crippen LogP contribution in [-0.2, 0) is 0 Å². The molecule has 0 aliphatic rings. The van der Waals surface area contributed by atoms with E-state index >= 15 is 0 Å². The van der Waals surface area contributed by atoms with Crippen LogP contribution < -0.4 is 0 Å². The van der Waals surface area contributed by atoms with Crippen molar-refractivity contribution < 1.29 is 4.42 Å². The first-order chi connectivity index (χ1) is 25.3. The molecule has 0 fully saturated rings. The van der Waals surface area contributed by atoms with Gasteiger partial charge < -0.3 is 8.98 Å². The van der Waals surface area contributed by atoms with Crippen LogP contribution in [0.5, 0.6) is 0 Å². The second-order valence-electron chi connectivity index (χ2n) is 12.8. The molecular weight excluding hydrogens is 645 g/mol. The standard InChI is InChI=1S/C45H26N4OS/c1-3-13-27(14-4-1)43-46-44(28-15-5-2-6-16-28)48-45(47-43)29-25-36(40-33-19-9-12-22-38(33)51-39(40)26-29)49-34-20-10-7-18-32(34)41-35(49)24-23-31-30-17-8-11-21-37(30)50-42(31)41/h1-26H. The largest absolute Gasteiger partial charge is 0.455 e. The molecule has 4 aromatic heterocycles. The molecule has 11 aromatic rings. The predicted octanol–water partition coefficient (Wildman–Crippen LogP) is 12.2. The van der Waals surface area contributed by atoms with E-state index in [0.717, 1.165) is 66.1 Å². The lowest BCUT2D eigenvalue weighted by Gasteiger charge is -2.14. The van der Waals surface area contributed by atoms with E-state index in [9.17, 15) is 0 Å². The Bertz CT molecular complexity index is 3080. The van der Waals surface area contributed by atoms with E-state index in [2.05, 4.69) is 89.5 Å². The zero-order chi connectivity index (χ0) is 33.5. The Morgan fingerprint density at radius 3 is 1.78 bits per heavy atom. The minimum absolute atomic E-state index is 0.628. The number of rotatable bonds is 4. The first kappa shape index (κ1) is 28.2. The number of fused-ring (bicyclic) bond motifs is 10. The third-order valence-electron chi connectivity index (χ3n) is 9.84. The Labute approximate surface area is 295 Å². The molecule has 7 aromatic carbocycles. The number of furan rings is 1. The number of thiophene rings is 1. The fourth-order valence-electron chi connectivity index (χ4n) is 7.57. The van der Waals surface area contributed by atoms with E-state index in [0.29, 0.717) is 17.5 Å².